The van der Waals surface area contributed by atoms with Crippen molar-refractivity contribution >= 4 is 47.6 Å². The lowest BCUT2D eigenvalue weighted by Crippen LogP contribution is -2.14. The fraction of sp³-hybridized carbons (Fsp3) is 0. The molecule has 0 saturated heterocycles. The number of amides is 2. The van der Waals surface area contributed by atoms with E-state index in [9.17, 15) is 9.59 Å². The summed E-state index contributed by atoms with van der Waals surface area (Å²) in [5, 5.41) is 0.206. The largest absolute Gasteiger partial charge is 0.366 e. The first-order chi connectivity index (χ1) is 9.82. The highest BCUT2D eigenvalue weighted by atomic mass is 35.5. The Balaban J connectivity index is 2.68. The van der Waals surface area contributed by atoms with Gasteiger partial charge in [-0.3, -0.25) is 9.59 Å². The molecule has 2 rings (SSSR count). The number of carbonyl (C=O) groups excluding carboxylic acids is 2. The quantitative estimate of drug-likeness (QED) is 0.749. The molecule has 21 heavy (non-hydrogen) atoms. The number of benzene rings is 2. The van der Waals surface area contributed by atoms with Crippen LogP contribution in [0.3, 0.4) is 0 Å². The summed E-state index contributed by atoms with van der Waals surface area (Å²) in [6.45, 7) is 0. The molecule has 0 aliphatic rings. The fourth-order valence-corrected chi connectivity index (χ4v) is 2.65. The first kappa shape index (κ1) is 15.7. The van der Waals surface area contributed by atoms with Crippen molar-refractivity contribution in [3.63, 3.8) is 0 Å². The molecular formula is C14H10Cl2N2O2S. The SMILES string of the molecule is NC(=O)c1ccc(-c2cc(S)c(Cl)c(Cl)c2C(N)=O)cc1. The number of hydrogen-bond acceptors (Lipinski definition) is 3. The Morgan fingerprint density at radius 3 is 2.00 bits per heavy atom. The zero-order valence-electron chi connectivity index (χ0n) is 10.6. The van der Waals surface area contributed by atoms with Crippen LogP contribution >= 0.6 is 35.8 Å². The van der Waals surface area contributed by atoms with Gasteiger partial charge in [-0.15, -0.1) is 12.6 Å². The van der Waals surface area contributed by atoms with Gasteiger partial charge in [-0.25, -0.2) is 0 Å². The van der Waals surface area contributed by atoms with Gasteiger partial charge in [-0.05, 0) is 29.3 Å². The predicted octanol–water partition coefficient (Wildman–Crippen LogP) is 3.15. The van der Waals surface area contributed by atoms with Crippen molar-refractivity contribution in [1.82, 2.24) is 0 Å². The average molecular weight is 341 g/mol. The third kappa shape index (κ3) is 3.00. The van der Waals surface area contributed by atoms with E-state index in [1.165, 1.54) is 0 Å². The second-order valence-electron chi connectivity index (χ2n) is 4.25. The molecule has 0 bridgehead atoms. The van der Waals surface area contributed by atoms with E-state index in [-0.39, 0.29) is 15.6 Å². The molecule has 0 spiro atoms. The Kier molecular flexibility index (Phi) is 4.46. The minimum absolute atomic E-state index is 0.0469. The molecule has 2 aromatic rings. The Labute approximate surface area is 136 Å². The molecule has 0 saturated carbocycles. The Morgan fingerprint density at radius 1 is 0.952 bits per heavy atom. The van der Waals surface area contributed by atoms with Gasteiger partial charge in [0.1, 0.15) is 0 Å². The zero-order chi connectivity index (χ0) is 15.7. The summed E-state index contributed by atoms with van der Waals surface area (Å²) in [6, 6.07) is 7.96. The summed E-state index contributed by atoms with van der Waals surface area (Å²) in [6.07, 6.45) is 0. The van der Waals surface area contributed by atoms with Crippen LogP contribution in [0.25, 0.3) is 11.1 Å². The molecule has 0 heterocycles. The second kappa shape index (κ2) is 5.97. The molecule has 0 unspecified atom stereocenters. The number of nitrogens with two attached hydrogens (primary N) is 2. The van der Waals surface area contributed by atoms with Gasteiger partial charge < -0.3 is 11.5 Å². The van der Waals surface area contributed by atoms with E-state index in [0.717, 1.165) is 0 Å². The molecule has 0 radical (unpaired) electrons. The maximum Gasteiger partial charge on any atom is 0.250 e. The van der Waals surface area contributed by atoms with Gasteiger partial charge in [0, 0.05) is 10.5 Å². The minimum atomic E-state index is -0.704. The molecule has 0 atom stereocenters. The van der Waals surface area contributed by atoms with Crippen LogP contribution in [-0.4, -0.2) is 11.8 Å². The molecule has 7 heteroatoms. The summed E-state index contributed by atoms with van der Waals surface area (Å²) in [7, 11) is 0. The van der Waals surface area contributed by atoms with E-state index in [2.05, 4.69) is 12.6 Å². The number of carbonyl (C=O) groups is 2. The highest BCUT2D eigenvalue weighted by Crippen LogP contribution is 2.38. The molecular weight excluding hydrogens is 331 g/mol. The van der Waals surface area contributed by atoms with Gasteiger partial charge in [-0.2, -0.15) is 0 Å². The normalized spacial score (nSPS) is 10.4. The van der Waals surface area contributed by atoms with Crippen LogP contribution in [0.2, 0.25) is 10.0 Å². The predicted molar refractivity (Wildman–Crippen MR) is 86.2 cm³/mol. The van der Waals surface area contributed by atoms with Crippen molar-refractivity contribution in [3.8, 4) is 11.1 Å². The van der Waals surface area contributed by atoms with Crippen LogP contribution in [0.15, 0.2) is 35.2 Å². The smallest absolute Gasteiger partial charge is 0.250 e. The van der Waals surface area contributed by atoms with Crippen molar-refractivity contribution in [2.75, 3.05) is 0 Å². The highest BCUT2D eigenvalue weighted by Gasteiger charge is 2.19. The zero-order valence-corrected chi connectivity index (χ0v) is 13.0. The first-order valence-corrected chi connectivity index (χ1v) is 6.94. The van der Waals surface area contributed by atoms with Gasteiger partial charge >= 0.3 is 0 Å². The van der Waals surface area contributed by atoms with Crippen molar-refractivity contribution in [2.45, 2.75) is 4.90 Å². The molecule has 0 aliphatic carbocycles. The lowest BCUT2D eigenvalue weighted by atomic mass is 9.98. The Bertz CT molecular complexity index is 746. The number of rotatable bonds is 3. The minimum Gasteiger partial charge on any atom is -0.366 e. The van der Waals surface area contributed by atoms with Gasteiger partial charge in [0.05, 0.1) is 15.6 Å². The maximum absolute atomic E-state index is 11.6. The van der Waals surface area contributed by atoms with Crippen molar-refractivity contribution in [1.29, 1.82) is 0 Å². The molecule has 4 N–H and O–H groups in total. The van der Waals surface area contributed by atoms with Crippen molar-refractivity contribution < 1.29 is 9.59 Å². The van der Waals surface area contributed by atoms with Crippen LogP contribution in [-0.2, 0) is 0 Å². The van der Waals surface area contributed by atoms with Crippen molar-refractivity contribution in [3.05, 3.63) is 51.5 Å². The van der Waals surface area contributed by atoms with Crippen LogP contribution in [0.4, 0.5) is 0 Å². The summed E-state index contributed by atoms with van der Waals surface area (Å²) < 4.78 is 0. The Morgan fingerprint density at radius 2 is 1.52 bits per heavy atom. The number of primary amides is 2. The van der Waals surface area contributed by atoms with E-state index < -0.39 is 11.8 Å². The van der Waals surface area contributed by atoms with Crippen LogP contribution in [0.1, 0.15) is 20.7 Å². The first-order valence-electron chi connectivity index (χ1n) is 5.74. The lowest BCUT2D eigenvalue weighted by molar-refractivity contribution is 0.0992. The fourth-order valence-electron chi connectivity index (χ4n) is 1.90. The van der Waals surface area contributed by atoms with E-state index in [1.807, 2.05) is 0 Å². The lowest BCUT2D eigenvalue weighted by Gasteiger charge is -2.12. The molecule has 0 aromatic heterocycles. The molecule has 108 valence electrons. The molecule has 2 amide bonds. The molecule has 4 nitrogen and oxygen atoms in total. The molecule has 2 aromatic carbocycles. The van der Waals surface area contributed by atoms with Crippen LogP contribution < -0.4 is 11.5 Å². The summed E-state index contributed by atoms with van der Waals surface area (Å²) in [5.41, 5.74) is 12.1. The number of hydrogen-bond donors (Lipinski definition) is 3. The van der Waals surface area contributed by atoms with Gasteiger partial charge in [0.15, 0.2) is 0 Å². The topological polar surface area (TPSA) is 86.2 Å². The molecule has 0 aliphatic heterocycles. The Hall–Kier alpha value is -1.69. The third-order valence-corrected chi connectivity index (χ3v) is 4.27. The highest BCUT2D eigenvalue weighted by molar-refractivity contribution is 7.80. The maximum atomic E-state index is 11.6. The number of halogens is 2. The monoisotopic (exact) mass is 340 g/mol. The van der Waals surface area contributed by atoms with Crippen LogP contribution in [0.5, 0.6) is 0 Å². The summed E-state index contributed by atoms with van der Waals surface area (Å²) in [4.78, 5) is 23.1. The standard InChI is InChI=1S/C14H10Cl2N2O2S/c15-11-9(21)5-8(10(12(11)16)14(18)20)6-1-3-7(4-2-6)13(17)19/h1-5,21H,(H2,17,19)(H2,18,20). The van der Waals surface area contributed by atoms with Gasteiger partial charge in [-0.1, -0.05) is 35.3 Å². The van der Waals surface area contributed by atoms with Gasteiger partial charge in [0.2, 0.25) is 5.91 Å². The average Bonchev–Trinajstić information content (AvgIpc) is 2.44. The second-order valence-corrected chi connectivity index (χ2v) is 5.49. The number of thiol groups is 1. The van der Waals surface area contributed by atoms with E-state index in [0.29, 0.717) is 21.6 Å². The van der Waals surface area contributed by atoms with E-state index in [1.54, 1.807) is 30.3 Å². The van der Waals surface area contributed by atoms with Crippen LogP contribution in [0, 0.1) is 0 Å². The summed E-state index contributed by atoms with van der Waals surface area (Å²) >= 11 is 16.3. The summed E-state index contributed by atoms with van der Waals surface area (Å²) in [5.74, 6) is -1.25. The van der Waals surface area contributed by atoms with Gasteiger partial charge in [0.25, 0.3) is 5.91 Å². The third-order valence-electron chi connectivity index (χ3n) is 2.91. The molecule has 0 fully saturated rings. The van der Waals surface area contributed by atoms with Crippen molar-refractivity contribution in [2.24, 2.45) is 11.5 Å². The van der Waals surface area contributed by atoms with E-state index in [4.69, 9.17) is 34.7 Å². The van der Waals surface area contributed by atoms with E-state index >= 15 is 0 Å².